The van der Waals surface area contributed by atoms with Gasteiger partial charge in [0.1, 0.15) is 24.8 Å². The summed E-state index contributed by atoms with van der Waals surface area (Å²) in [5.41, 5.74) is 9.32. The third kappa shape index (κ3) is 7.74. The number of nitrogens with one attached hydrogen (secondary N) is 1. The predicted molar refractivity (Wildman–Crippen MR) is 245 cm³/mol. The first-order valence-electron chi connectivity index (χ1n) is 22.7. The van der Waals surface area contributed by atoms with E-state index in [1.54, 1.807) is 0 Å². The number of aryl methyl sites for hydroxylation is 1. The van der Waals surface area contributed by atoms with Crippen LogP contribution >= 0.6 is 0 Å². The minimum Gasteiger partial charge on any atom is -0.489 e. The molecular weight excluding hydrogens is 765 g/mol. The van der Waals surface area contributed by atoms with Gasteiger partial charge in [0.15, 0.2) is 0 Å². The topological polar surface area (TPSA) is 86.5 Å². The van der Waals surface area contributed by atoms with E-state index in [1.165, 1.54) is 33.4 Å². The molecule has 314 valence electrons. The molecule has 3 heterocycles. The quantitative estimate of drug-likeness (QED) is 0.122. The third-order valence-corrected chi connectivity index (χ3v) is 14.1. The molecule has 2 saturated heterocycles. The molecule has 3 atom stereocenters. The van der Waals surface area contributed by atoms with Crippen molar-refractivity contribution < 1.29 is 9.47 Å². The van der Waals surface area contributed by atoms with Crippen LogP contribution in [0.1, 0.15) is 83.2 Å². The largest absolute Gasteiger partial charge is 0.489 e. The Bertz CT molecular complexity index is 2390. The van der Waals surface area contributed by atoms with E-state index in [0.29, 0.717) is 44.8 Å². The Balaban J connectivity index is 1.02. The summed E-state index contributed by atoms with van der Waals surface area (Å²) in [5, 5.41) is 14.1. The van der Waals surface area contributed by atoms with Crippen molar-refractivity contribution in [2.75, 3.05) is 37.7 Å². The highest BCUT2D eigenvalue weighted by Crippen LogP contribution is 2.50. The van der Waals surface area contributed by atoms with Crippen molar-refractivity contribution >= 4 is 5.82 Å². The molecule has 2 aliphatic carbocycles. The summed E-state index contributed by atoms with van der Waals surface area (Å²) in [5.74, 6) is 1.87. The summed E-state index contributed by atoms with van der Waals surface area (Å²) in [6.07, 6.45) is 8.66. The lowest BCUT2D eigenvalue weighted by molar-refractivity contribution is 0.125. The fourth-order valence-corrected chi connectivity index (χ4v) is 11.1. The Morgan fingerprint density at radius 3 is 2.11 bits per heavy atom. The molecule has 1 unspecified atom stereocenters. The smallest absolute Gasteiger partial charge is 0.318 e. The molecule has 8 nitrogen and oxygen atoms in total. The number of nitrogens with zero attached hydrogens (tertiary/aromatic N) is 5. The average Bonchev–Trinajstić information content (AvgIpc) is 3.86. The minimum atomic E-state index is -0.568. The van der Waals surface area contributed by atoms with E-state index in [0.717, 1.165) is 87.3 Å². The lowest BCUT2D eigenvalue weighted by Crippen LogP contribution is -2.60. The number of fused-ring (bicyclic) bond motifs is 3. The van der Waals surface area contributed by atoms with E-state index in [2.05, 4.69) is 155 Å². The lowest BCUT2D eigenvalue weighted by atomic mass is 9.62. The van der Waals surface area contributed by atoms with E-state index >= 15 is 0 Å². The number of anilines is 1. The number of ether oxygens (including phenoxy) is 2. The number of benzene rings is 5. The molecule has 62 heavy (non-hydrogen) atoms. The van der Waals surface area contributed by atoms with Gasteiger partial charge in [-0.05, 0) is 103 Å². The molecular formula is C54H56N6O2. The van der Waals surface area contributed by atoms with Gasteiger partial charge in [-0.25, -0.2) is 0 Å². The van der Waals surface area contributed by atoms with E-state index in [1.807, 2.05) is 6.07 Å². The maximum absolute atomic E-state index is 10.5. The maximum Gasteiger partial charge on any atom is 0.318 e. The Labute approximate surface area is 366 Å². The van der Waals surface area contributed by atoms with E-state index in [4.69, 9.17) is 19.4 Å². The van der Waals surface area contributed by atoms with Gasteiger partial charge in [-0.15, -0.1) is 0 Å². The Hall–Kier alpha value is -6.01. The van der Waals surface area contributed by atoms with Gasteiger partial charge in [-0.1, -0.05) is 127 Å². The number of hydrogen-bond donors (Lipinski definition) is 1. The van der Waals surface area contributed by atoms with Crippen LogP contribution in [-0.2, 0) is 36.8 Å². The van der Waals surface area contributed by atoms with Crippen molar-refractivity contribution in [1.82, 2.24) is 20.2 Å². The van der Waals surface area contributed by atoms with Crippen LogP contribution < -0.4 is 19.7 Å². The number of rotatable bonds is 12. The van der Waals surface area contributed by atoms with Crippen molar-refractivity contribution in [2.45, 2.75) is 87.4 Å². The van der Waals surface area contributed by atoms with Gasteiger partial charge in [0.2, 0.25) is 0 Å². The zero-order chi connectivity index (χ0) is 41.8. The average molecular weight is 821 g/mol. The Morgan fingerprint density at radius 1 is 0.758 bits per heavy atom. The monoisotopic (exact) mass is 820 g/mol. The fourth-order valence-electron chi connectivity index (χ4n) is 11.1. The molecule has 0 bridgehead atoms. The van der Waals surface area contributed by atoms with Gasteiger partial charge < -0.3 is 19.7 Å². The zero-order valence-corrected chi connectivity index (χ0v) is 35.6. The van der Waals surface area contributed by atoms with Crippen molar-refractivity contribution in [2.24, 2.45) is 0 Å². The third-order valence-electron chi connectivity index (χ3n) is 14.1. The molecule has 0 saturated carbocycles. The van der Waals surface area contributed by atoms with Crippen LogP contribution in [0.5, 0.6) is 11.8 Å². The van der Waals surface area contributed by atoms with Crippen LogP contribution in [0.25, 0.3) is 0 Å². The lowest BCUT2D eigenvalue weighted by Gasteiger charge is -2.52. The van der Waals surface area contributed by atoms with Gasteiger partial charge in [0.05, 0.1) is 29.8 Å². The van der Waals surface area contributed by atoms with Gasteiger partial charge >= 0.3 is 6.01 Å². The summed E-state index contributed by atoms with van der Waals surface area (Å²) in [7, 11) is 0. The van der Waals surface area contributed by atoms with E-state index < -0.39 is 5.54 Å². The summed E-state index contributed by atoms with van der Waals surface area (Å²) in [6.45, 7) is 4.25. The summed E-state index contributed by atoms with van der Waals surface area (Å²) in [4.78, 5) is 15.7. The molecule has 10 rings (SSSR count). The molecule has 2 fully saturated rings. The van der Waals surface area contributed by atoms with Crippen LogP contribution in [0.2, 0.25) is 0 Å². The molecule has 0 amide bonds. The first-order chi connectivity index (χ1) is 30.6. The Kier molecular flexibility index (Phi) is 11.5. The highest BCUT2D eigenvalue weighted by Gasteiger charge is 2.47. The van der Waals surface area contributed by atoms with Crippen LogP contribution in [0, 0.1) is 11.3 Å². The van der Waals surface area contributed by atoms with Gasteiger partial charge in [0, 0.05) is 36.7 Å². The number of piperazine rings is 1. The van der Waals surface area contributed by atoms with Crippen molar-refractivity contribution in [3.8, 4) is 17.8 Å². The molecule has 2 aliphatic heterocycles. The molecule has 6 aromatic rings. The van der Waals surface area contributed by atoms with Crippen molar-refractivity contribution in [3.05, 3.63) is 184 Å². The molecule has 8 heteroatoms. The number of hydrogen-bond acceptors (Lipinski definition) is 8. The fraction of sp³-hybridized carbons (Fsp3) is 0.352. The highest BCUT2D eigenvalue weighted by atomic mass is 16.5. The molecule has 5 aromatic carbocycles. The van der Waals surface area contributed by atoms with E-state index in [-0.39, 0.29) is 11.5 Å². The number of aromatic nitrogens is 2. The summed E-state index contributed by atoms with van der Waals surface area (Å²) < 4.78 is 13.0. The second-order valence-corrected chi connectivity index (χ2v) is 17.7. The maximum atomic E-state index is 10.5. The van der Waals surface area contributed by atoms with Crippen LogP contribution in [0.4, 0.5) is 5.82 Å². The summed E-state index contributed by atoms with van der Waals surface area (Å²) >= 11 is 0. The van der Waals surface area contributed by atoms with Gasteiger partial charge in [0.25, 0.3) is 0 Å². The first kappa shape index (κ1) is 40.1. The van der Waals surface area contributed by atoms with Gasteiger partial charge in [-0.3, -0.25) is 4.90 Å². The summed E-state index contributed by atoms with van der Waals surface area (Å²) in [6, 6.07) is 53.1. The zero-order valence-electron chi connectivity index (χ0n) is 35.6. The standard InChI is InChI=1S/C54H56N6O2/c55-31-28-46-37-59(54(42-18-7-2-8-19-42,43-20-9-3-10-21-43)44-22-11-4-12-23-44)33-34-60(46)51-48-27-30-53(36-50(48)57-52(58-51)62-39-45-24-14-32-56-45)29-13-17-41-25-26-47(35-49(41)53)61-38-40-15-5-1-6-16-40/h1-12,15-16,18-23,25-26,35,45-46,56H,13-14,17,24,27-30,32-34,36-39H2/t45-,46-,53?/m0/s1. The highest BCUT2D eigenvalue weighted by molar-refractivity contribution is 5.56. The second-order valence-electron chi connectivity index (χ2n) is 17.7. The SMILES string of the molecule is N#CC[C@H]1CN(C(c2ccccc2)(c2ccccc2)c2ccccc2)CCN1c1nc(OC[C@@H]2CCCN2)nc2c1CCC1(CCCc3ccc(OCc4ccccc4)cc31)C2. The van der Waals surface area contributed by atoms with Gasteiger partial charge in [-0.2, -0.15) is 15.2 Å². The molecule has 0 radical (unpaired) electrons. The second kappa shape index (κ2) is 17.8. The normalized spacial score (nSPS) is 21.2. The van der Waals surface area contributed by atoms with Crippen LogP contribution in [-0.4, -0.2) is 59.7 Å². The van der Waals surface area contributed by atoms with Crippen molar-refractivity contribution in [1.29, 1.82) is 5.26 Å². The number of nitriles is 1. The van der Waals surface area contributed by atoms with Crippen LogP contribution in [0.15, 0.2) is 140 Å². The molecule has 1 aromatic heterocycles. The molecule has 4 aliphatic rings. The first-order valence-corrected chi connectivity index (χ1v) is 22.7. The Morgan fingerprint density at radius 2 is 1.45 bits per heavy atom. The minimum absolute atomic E-state index is 0.0476. The molecule has 1 N–H and O–H groups in total. The van der Waals surface area contributed by atoms with E-state index in [9.17, 15) is 5.26 Å². The van der Waals surface area contributed by atoms with Crippen LogP contribution in [0.3, 0.4) is 0 Å². The molecule has 1 spiro atoms. The predicted octanol–water partition coefficient (Wildman–Crippen LogP) is 9.35. The van der Waals surface area contributed by atoms with Crippen molar-refractivity contribution in [3.63, 3.8) is 0 Å².